The Bertz CT molecular complexity index is 666. The molecule has 0 heterocycles. The zero-order valence-electron chi connectivity index (χ0n) is 13.3. The predicted molar refractivity (Wildman–Crippen MR) is 90.3 cm³/mol. The van der Waals surface area contributed by atoms with Gasteiger partial charge in [-0.05, 0) is 48.4 Å². The Morgan fingerprint density at radius 2 is 1.91 bits per heavy atom. The molecule has 2 aromatic carbocycles. The summed E-state index contributed by atoms with van der Waals surface area (Å²) < 4.78 is 10.7. The second kappa shape index (κ2) is 8.58. The fraction of sp³-hybridized carbons (Fsp3) is 0.222. The molecular formula is C18H20N2O3. The molecule has 0 fully saturated rings. The molecule has 0 unspecified atom stereocenters. The van der Waals surface area contributed by atoms with E-state index >= 15 is 0 Å². The molecule has 0 radical (unpaired) electrons. The number of benzene rings is 2. The molecule has 0 bridgehead atoms. The van der Waals surface area contributed by atoms with E-state index in [0.29, 0.717) is 17.9 Å². The maximum absolute atomic E-state index is 12.2. The number of hydrazone groups is 1. The van der Waals surface area contributed by atoms with E-state index in [2.05, 4.69) is 10.5 Å². The summed E-state index contributed by atoms with van der Waals surface area (Å²) in [6, 6.07) is 14.5. The summed E-state index contributed by atoms with van der Waals surface area (Å²) in [5.41, 5.74) is 3.84. The molecule has 0 aliphatic carbocycles. The van der Waals surface area contributed by atoms with Crippen LogP contribution in [0.15, 0.2) is 53.6 Å². The van der Waals surface area contributed by atoms with Gasteiger partial charge in [-0.3, -0.25) is 4.79 Å². The van der Waals surface area contributed by atoms with Crippen molar-refractivity contribution in [3.05, 3.63) is 59.7 Å². The average Bonchev–Trinajstić information content (AvgIpc) is 2.60. The molecule has 5 nitrogen and oxygen atoms in total. The molecule has 0 saturated carbocycles. The number of nitrogens with zero attached hydrogens (tertiary/aromatic N) is 1. The van der Waals surface area contributed by atoms with Crippen molar-refractivity contribution in [2.45, 2.75) is 13.3 Å². The molecule has 0 atom stereocenters. The number of rotatable bonds is 7. The molecule has 2 aromatic rings. The summed E-state index contributed by atoms with van der Waals surface area (Å²) in [5.74, 6) is 1.03. The zero-order chi connectivity index (χ0) is 16.5. The number of ether oxygens (including phenoxy) is 2. The van der Waals surface area contributed by atoms with Crippen LogP contribution in [0.5, 0.6) is 11.5 Å². The Morgan fingerprint density at radius 3 is 2.61 bits per heavy atom. The Morgan fingerprint density at radius 1 is 1.17 bits per heavy atom. The highest BCUT2D eigenvalue weighted by molar-refractivity contribution is 5.97. The highest BCUT2D eigenvalue weighted by Gasteiger charge is 2.10. The molecule has 0 aliphatic heterocycles. The number of carbonyl (C=O) groups is 1. The Balaban J connectivity index is 2.00. The van der Waals surface area contributed by atoms with Crippen LogP contribution in [-0.4, -0.2) is 25.8 Å². The monoisotopic (exact) mass is 312 g/mol. The van der Waals surface area contributed by atoms with E-state index in [4.69, 9.17) is 9.47 Å². The summed E-state index contributed by atoms with van der Waals surface area (Å²) in [5, 5.41) is 3.97. The Kier molecular flexibility index (Phi) is 6.17. The topological polar surface area (TPSA) is 59.9 Å². The van der Waals surface area contributed by atoms with E-state index in [1.165, 1.54) is 0 Å². The van der Waals surface area contributed by atoms with Crippen LogP contribution in [0.1, 0.15) is 29.3 Å². The fourth-order valence-electron chi connectivity index (χ4n) is 1.91. The van der Waals surface area contributed by atoms with Crippen molar-refractivity contribution < 1.29 is 14.3 Å². The summed E-state index contributed by atoms with van der Waals surface area (Å²) in [4.78, 5) is 12.2. The lowest BCUT2D eigenvalue weighted by Gasteiger charge is -2.09. The van der Waals surface area contributed by atoms with Gasteiger partial charge in [0.25, 0.3) is 5.91 Å². The minimum atomic E-state index is -0.304. The largest absolute Gasteiger partial charge is 0.497 e. The fourth-order valence-corrected chi connectivity index (χ4v) is 1.91. The van der Waals surface area contributed by atoms with Crippen molar-refractivity contribution in [1.29, 1.82) is 0 Å². The minimum absolute atomic E-state index is 0.304. The maximum atomic E-state index is 12.2. The first kappa shape index (κ1) is 16.5. The average molecular weight is 312 g/mol. The molecule has 23 heavy (non-hydrogen) atoms. The first-order chi connectivity index (χ1) is 11.2. The van der Waals surface area contributed by atoms with Crippen molar-refractivity contribution in [3.63, 3.8) is 0 Å². The number of para-hydroxylation sites is 1. The molecule has 5 heteroatoms. The number of methoxy groups -OCH3 is 1. The van der Waals surface area contributed by atoms with Crippen LogP contribution in [-0.2, 0) is 0 Å². The van der Waals surface area contributed by atoms with E-state index in [-0.39, 0.29) is 5.91 Å². The van der Waals surface area contributed by atoms with Crippen LogP contribution in [0.3, 0.4) is 0 Å². The highest BCUT2D eigenvalue weighted by atomic mass is 16.5. The van der Waals surface area contributed by atoms with Crippen molar-refractivity contribution in [3.8, 4) is 11.5 Å². The first-order valence-electron chi connectivity index (χ1n) is 7.44. The molecule has 1 N–H and O–H groups in total. The van der Waals surface area contributed by atoms with Gasteiger partial charge in [0.15, 0.2) is 0 Å². The second-order valence-electron chi connectivity index (χ2n) is 4.82. The summed E-state index contributed by atoms with van der Waals surface area (Å²) >= 11 is 0. The van der Waals surface area contributed by atoms with Crippen molar-refractivity contribution in [2.24, 2.45) is 5.10 Å². The summed E-state index contributed by atoms with van der Waals surface area (Å²) in [7, 11) is 1.61. The zero-order valence-corrected chi connectivity index (χ0v) is 13.3. The van der Waals surface area contributed by atoms with E-state index in [0.717, 1.165) is 17.7 Å². The van der Waals surface area contributed by atoms with Gasteiger partial charge in [0.1, 0.15) is 11.5 Å². The third-order valence-electron chi connectivity index (χ3n) is 3.09. The van der Waals surface area contributed by atoms with Crippen LogP contribution < -0.4 is 14.9 Å². The lowest BCUT2D eigenvalue weighted by Crippen LogP contribution is -2.18. The highest BCUT2D eigenvalue weighted by Crippen LogP contribution is 2.18. The van der Waals surface area contributed by atoms with Crippen LogP contribution in [0.2, 0.25) is 0 Å². The van der Waals surface area contributed by atoms with E-state index < -0.39 is 0 Å². The van der Waals surface area contributed by atoms with Crippen LogP contribution in [0.4, 0.5) is 0 Å². The van der Waals surface area contributed by atoms with Crippen molar-refractivity contribution in [1.82, 2.24) is 5.43 Å². The summed E-state index contributed by atoms with van der Waals surface area (Å²) in [6.45, 7) is 2.58. The normalized spacial score (nSPS) is 10.5. The van der Waals surface area contributed by atoms with Gasteiger partial charge in [-0.15, -0.1) is 0 Å². The quantitative estimate of drug-likeness (QED) is 0.630. The van der Waals surface area contributed by atoms with Crippen molar-refractivity contribution in [2.75, 3.05) is 13.7 Å². The lowest BCUT2D eigenvalue weighted by atomic mass is 10.2. The van der Waals surface area contributed by atoms with Crippen LogP contribution >= 0.6 is 0 Å². The molecular weight excluding hydrogens is 292 g/mol. The number of carbonyl (C=O) groups excluding carboxylic acids is 1. The van der Waals surface area contributed by atoms with Gasteiger partial charge in [0.05, 0.1) is 25.5 Å². The van der Waals surface area contributed by atoms with Gasteiger partial charge in [0, 0.05) is 0 Å². The third kappa shape index (κ3) is 4.85. The van der Waals surface area contributed by atoms with E-state index in [1.807, 2.05) is 37.3 Å². The van der Waals surface area contributed by atoms with Gasteiger partial charge < -0.3 is 9.47 Å². The third-order valence-corrected chi connectivity index (χ3v) is 3.09. The van der Waals surface area contributed by atoms with Crippen LogP contribution in [0.25, 0.3) is 0 Å². The molecule has 0 aromatic heterocycles. The van der Waals surface area contributed by atoms with Crippen LogP contribution in [0, 0.1) is 0 Å². The Labute approximate surface area is 135 Å². The SMILES string of the molecule is CCCOc1ccccc1C(=O)N/N=C/c1ccc(OC)cc1. The van der Waals surface area contributed by atoms with Gasteiger partial charge in [-0.25, -0.2) is 5.43 Å². The van der Waals surface area contributed by atoms with Gasteiger partial charge in [0.2, 0.25) is 0 Å². The molecule has 120 valence electrons. The van der Waals surface area contributed by atoms with Gasteiger partial charge in [-0.2, -0.15) is 5.10 Å². The Hall–Kier alpha value is -2.82. The van der Waals surface area contributed by atoms with E-state index in [1.54, 1.807) is 31.5 Å². The van der Waals surface area contributed by atoms with Crippen molar-refractivity contribution >= 4 is 12.1 Å². The van der Waals surface area contributed by atoms with Gasteiger partial charge >= 0.3 is 0 Å². The minimum Gasteiger partial charge on any atom is -0.497 e. The molecule has 2 rings (SSSR count). The second-order valence-corrected chi connectivity index (χ2v) is 4.82. The number of nitrogens with one attached hydrogen (secondary N) is 1. The van der Waals surface area contributed by atoms with Gasteiger partial charge in [-0.1, -0.05) is 19.1 Å². The summed E-state index contributed by atoms with van der Waals surface area (Å²) in [6.07, 6.45) is 2.46. The molecule has 1 amide bonds. The molecule has 0 saturated heterocycles. The predicted octanol–water partition coefficient (Wildman–Crippen LogP) is 3.25. The number of amides is 1. The molecule has 0 spiro atoms. The first-order valence-corrected chi connectivity index (χ1v) is 7.44. The smallest absolute Gasteiger partial charge is 0.275 e. The van der Waals surface area contributed by atoms with E-state index in [9.17, 15) is 4.79 Å². The molecule has 0 aliphatic rings. The lowest BCUT2D eigenvalue weighted by molar-refractivity contribution is 0.0951. The standard InChI is InChI=1S/C18H20N2O3/c1-3-12-23-17-7-5-4-6-16(17)18(21)20-19-13-14-8-10-15(22-2)11-9-14/h4-11,13H,3,12H2,1-2H3,(H,20,21)/b19-13+. The maximum Gasteiger partial charge on any atom is 0.275 e. The number of hydrogen-bond donors (Lipinski definition) is 1. The number of hydrogen-bond acceptors (Lipinski definition) is 4.